The Morgan fingerprint density at radius 2 is 1.82 bits per heavy atom. The van der Waals surface area contributed by atoms with Crippen molar-refractivity contribution in [1.82, 2.24) is 4.90 Å². The van der Waals surface area contributed by atoms with Crippen molar-refractivity contribution in [3.63, 3.8) is 0 Å². The predicted molar refractivity (Wildman–Crippen MR) is 82.4 cm³/mol. The van der Waals surface area contributed by atoms with Crippen LogP contribution in [0, 0.1) is 0 Å². The standard InChI is InChI=1S/C16H23NO5/c1-11(2)17(8-7-16(19)20)15(18)10-12-5-6-13(21-3)14(9-12)22-4/h5-6,9,11H,7-8,10H2,1-4H3,(H,19,20). The second-order valence-corrected chi connectivity index (χ2v) is 5.19. The van der Waals surface area contributed by atoms with Crippen molar-refractivity contribution in [2.75, 3.05) is 20.8 Å². The van der Waals surface area contributed by atoms with Gasteiger partial charge in [0.15, 0.2) is 11.5 Å². The van der Waals surface area contributed by atoms with Crippen molar-refractivity contribution in [3.05, 3.63) is 23.8 Å². The van der Waals surface area contributed by atoms with Gasteiger partial charge in [-0.05, 0) is 31.5 Å². The summed E-state index contributed by atoms with van der Waals surface area (Å²) in [5.74, 6) is 0.146. The third-order valence-corrected chi connectivity index (χ3v) is 3.31. The number of amides is 1. The van der Waals surface area contributed by atoms with E-state index in [2.05, 4.69) is 0 Å². The number of hydrogen-bond donors (Lipinski definition) is 1. The SMILES string of the molecule is COc1ccc(CC(=O)N(CCC(=O)O)C(C)C)cc1OC. The van der Waals surface area contributed by atoms with E-state index in [9.17, 15) is 9.59 Å². The van der Waals surface area contributed by atoms with Gasteiger partial charge in [0.05, 0.1) is 27.1 Å². The van der Waals surface area contributed by atoms with Crippen molar-refractivity contribution in [1.29, 1.82) is 0 Å². The van der Waals surface area contributed by atoms with Crippen LogP contribution in [0.5, 0.6) is 11.5 Å². The molecule has 122 valence electrons. The van der Waals surface area contributed by atoms with Crippen LogP contribution in [0.1, 0.15) is 25.8 Å². The molecule has 6 heteroatoms. The molecule has 0 bridgehead atoms. The minimum atomic E-state index is -0.912. The van der Waals surface area contributed by atoms with Crippen LogP contribution in [0.3, 0.4) is 0 Å². The third-order valence-electron chi connectivity index (χ3n) is 3.31. The lowest BCUT2D eigenvalue weighted by atomic mass is 10.1. The van der Waals surface area contributed by atoms with Gasteiger partial charge in [0.2, 0.25) is 5.91 Å². The molecule has 0 fully saturated rings. The number of ether oxygens (including phenoxy) is 2. The molecule has 6 nitrogen and oxygen atoms in total. The van der Waals surface area contributed by atoms with Crippen molar-refractivity contribution in [2.24, 2.45) is 0 Å². The Bertz CT molecular complexity index is 527. The fourth-order valence-corrected chi connectivity index (χ4v) is 2.15. The summed E-state index contributed by atoms with van der Waals surface area (Å²) in [5.41, 5.74) is 0.795. The number of carbonyl (C=O) groups is 2. The minimum Gasteiger partial charge on any atom is -0.493 e. The molecule has 0 aliphatic heterocycles. The summed E-state index contributed by atoms with van der Waals surface area (Å²) in [6.45, 7) is 3.95. The molecule has 1 aromatic rings. The number of hydrogen-bond acceptors (Lipinski definition) is 4. The van der Waals surface area contributed by atoms with E-state index in [-0.39, 0.29) is 31.3 Å². The molecule has 0 unspecified atom stereocenters. The molecule has 1 aromatic carbocycles. The van der Waals surface area contributed by atoms with E-state index in [0.717, 1.165) is 5.56 Å². The number of aliphatic carboxylic acids is 1. The van der Waals surface area contributed by atoms with Gasteiger partial charge >= 0.3 is 5.97 Å². The van der Waals surface area contributed by atoms with Crippen LogP contribution < -0.4 is 9.47 Å². The average Bonchev–Trinajstić information content (AvgIpc) is 2.46. The highest BCUT2D eigenvalue weighted by molar-refractivity contribution is 5.80. The average molecular weight is 309 g/mol. The molecule has 1 rings (SSSR count). The van der Waals surface area contributed by atoms with Crippen LogP contribution in [0.25, 0.3) is 0 Å². The monoisotopic (exact) mass is 309 g/mol. The Hall–Kier alpha value is -2.24. The van der Waals surface area contributed by atoms with Crippen molar-refractivity contribution in [2.45, 2.75) is 32.7 Å². The Labute approximate surface area is 130 Å². The van der Waals surface area contributed by atoms with Crippen LogP contribution >= 0.6 is 0 Å². The largest absolute Gasteiger partial charge is 0.493 e. The Kier molecular flexibility index (Phi) is 6.69. The van der Waals surface area contributed by atoms with E-state index in [1.54, 1.807) is 30.2 Å². The molecule has 0 atom stereocenters. The summed E-state index contributed by atoms with van der Waals surface area (Å²) in [4.78, 5) is 24.6. The van der Waals surface area contributed by atoms with Gasteiger partial charge in [-0.3, -0.25) is 9.59 Å². The van der Waals surface area contributed by atoms with Crippen molar-refractivity contribution < 1.29 is 24.2 Å². The molecule has 0 spiro atoms. The van der Waals surface area contributed by atoms with Gasteiger partial charge < -0.3 is 19.5 Å². The summed E-state index contributed by atoms with van der Waals surface area (Å²) in [6.07, 6.45) is 0.133. The first-order valence-electron chi connectivity index (χ1n) is 7.11. The summed E-state index contributed by atoms with van der Waals surface area (Å²) >= 11 is 0. The Morgan fingerprint density at radius 1 is 1.18 bits per heavy atom. The number of rotatable bonds is 8. The van der Waals surface area contributed by atoms with E-state index in [4.69, 9.17) is 14.6 Å². The van der Waals surface area contributed by atoms with Crippen molar-refractivity contribution >= 4 is 11.9 Å². The molecule has 0 aliphatic rings. The summed E-state index contributed by atoms with van der Waals surface area (Å²) in [6, 6.07) is 5.26. The maximum atomic E-state index is 12.4. The molecule has 0 aliphatic carbocycles. The van der Waals surface area contributed by atoms with Crippen LogP contribution in [0.2, 0.25) is 0 Å². The number of nitrogens with zero attached hydrogens (tertiary/aromatic N) is 1. The van der Waals surface area contributed by atoms with Crippen molar-refractivity contribution in [3.8, 4) is 11.5 Å². The first kappa shape index (κ1) is 17.8. The molecule has 0 radical (unpaired) electrons. The second kappa shape index (κ2) is 8.26. The van der Waals surface area contributed by atoms with Gasteiger partial charge in [-0.25, -0.2) is 0 Å². The van der Waals surface area contributed by atoms with Gasteiger partial charge in [-0.2, -0.15) is 0 Å². The molecule has 22 heavy (non-hydrogen) atoms. The van der Waals surface area contributed by atoms with Gasteiger partial charge in [-0.15, -0.1) is 0 Å². The van der Waals surface area contributed by atoms with Gasteiger partial charge in [0.1, 0.15) is 0 Å². The maximum Gasteiger partial charge on any atom is 0.305 e. The highest BCUT2D eigenvalue weighted by Crippen LogP contribution is 2.27. The number of carboxylic acids is 1. The molecule has 1 amide bonds. The first-order chi connectivity index (χ1) is 10.4. The fourth-order valence-electron chi connectivity index (χ4n) is 2.15. The summed E-state index contributed by atoms with van der Waals surface area (Å²) in [7, 11) is 3.09. The van der Waals surface area contributed by atoms with E-state index < -0.39 is 5.97 Å². The lowest BCUT2D eigenvalue weighted by Crippen LogP contribution is -2.39. The lowest BCUT2D eigenvalue weighted by Gasteiger charge is -2.26. The van der Waals surface area contributed by atoms with Gasteiger partial charge in [-0.1, -0.05) is 6.07 Å². The fraction of sp³-hybridized carbons (Fsp3) is 0.500. The molecule has 0 saturated heterocycles. The molecular formula is C16H23NO5. The number of methoxy groups -OCH3 is 2. The highest BCUT2D eigenvalue weighted by Gasteiger charge is 2.18. The van der Waals surface area contributed by atoms with Crippen LogP contribution in [0.15, 0.2) is 18.2 Å². The van der Waals surface area contributed by atoms with E-state index >= 15 is 0 Å². The zero-order valence-electron chi connectivity index (χ0n) is 13.5. The predicted octanol–water partition coefficient (Wildman–Crippen LogP) is 1.96. The minimum absolute atomic E-state index is 0.0491. The summed E-state index contributed by atoms with van der Waals surface area (Å²) in [5, 5.41) is 8.77. The molecule has 0 aromatic heterocycles. The second-order valence-electron chi connectivity index (χ2n) is 5.19. The topological polar surface area (TPSA) is 76.1 Å². The maximum absolute atomic E-state index is 12.4. The zero-order chi connectivity index (χ0) is 16.7. The smallest absolute Gasteiger partial charge is 0.305 e. The van der Waals surface area contributed by atoms with E-state index in [1.807, 2.05) is 13.8 Å². The Balaban J connectivity index is 2.82. The molecule has 0 saturated carbocycles. The quantitative estimate of drug-likeness (QED) is 0.794. The number of carbonyl (C=O) groups excluding carboxylic acids is 1. The van der Waals surface area contributed by atoms with Gasteiger partial charge in [0.25, 0.3) is 0 Å². The first-order valence-corrected chi connectivity index (χ1v) is 7.11. The van der Waals surface area contributed by atoms with E-state index in [0.29, 0.717) is 11.5 Å². The number of carboxylic acid groups (broad SMARTS) is 1. The highest BCUT2D eigenvalue weighted by atomic mass is 16.5. The third kappa shape index (κ3) is 4.95. The van der Waals surface area contributed by atoms with Crippen LogP contribution in [-0.2, 0) is 16.0 Å². The lowest BCUT2D eigenvalue weighted by molar-refractivity contribution is -0.139. The zero-order valence-corrected chi connectivity index (χ0v) is 13.5. The van der Waals surface area contributed by atoms with E-state index in [1.165, 1.54) is 7.11 Å². The Morgan fingerprint density at radius 3 is 2.32 bits per heavy atom. The normalized spacial score (nSPS) is 10.4. The molecular weight excluding hydrogens is 286 g/mol. The summed E-state index contributed by atoms with van der Waals surface area (Å²) < 4.78 is 10.4. The molecule has 1 N–H and O–H groups in total. The number of benzene rings is 1. The van der Waals surface area contributed by atoms with Crippen LogP contribution in [-0.4, -0.2) is 48.7 Å². The van der Waals surface area contributed by atoms with Gasteiger partial charge in [0, 0.05) is 12.6 Å². The van der Waals surface area contributed by atoms with Crippen LogP contribution in [0.4, 0.5) is 0 Å². The molecule has 0 heterocycles.